The summed E-state index contributed by atoms with van der Waals surface area (Å²) in [5.41, 5.74) is 1.85. The van der Waals surface area contributed by atoms with E-state index in [1.54, 1.807) is 24.2 Å². The molecule has 0 atom stereocenters. The normalized spacial score (nSPS) is 10.8. The van der Waals surface area contributed by atoms with Gasteiger partial charge in [0.05, 0.1) is 5.69 Å². The van der Waals surface area contributed by atoms with Crippen LogP contribution in [0.3, 0.4) is 0 Å². The van der Waals surface area contributed by atoms with Crippen LogP contribution in [0, 0.1) is 0 Å². The summed E-state index contributed by atoms with van der Waals surface area (Å²) in [7, 11) is -1.59. The van der Waals surface area contributed by atoms with Gasteiger partial charge in [0.25, 0.3) is 0 Å². The molecule has 0 bridgehead atoms. The Morgan fingerprint density at radius 1 is 0.473 bits per heavy atom. The van der Waals surface area contributed by atoms with Crippen LogP contribution >= 0.6 is 27.6 Å². The van der Waals surface area contributed by atoms with Gasteiger partial charge in [-0.3, -0.25) is 4.99 Å². The van der Waals surface area contributed by atoms with Gasteiger partial charge < -0.3 is 9.72 Å². The van der Waals surface area contributed by atoms with Crippen LogP contribution in [-0.4, -0.2) is 12.5 Å². The van der Waals surface area contributed by atoms with E-state index in [0.717, 1.165) is 22.9 Å². The summed E-state index contributed by atoms with van der Waals surface area (Å²) in [6, 6.07) is 72.2. The summed E-state index contributed by atoms with van der Waals surface area (Å²) in [6.45, 7) is 0. The molecule has 0 N–H and O–H groups in total. The summed E-state index contributed by atoms with van der Waals surface area (Å²) in [5.74, 6) is 1.81. The van der Waals surface area contributed by atoms with Gasteiger partial charge in [0.1, 0.15) is 11.5 Å². The van der Waals surface area contributed by atoms with Crippen LogP contribution in [0.1, 0.15) is 5.69 Å². The largest absolute Gasteiger partial charge is 1.00 e. The molecular formula is C48H39CuN2OP2S. The van der Waals surface area contributed by atoms with Crippen LogP contribution in [0.2, 0.25) is 0 Å². The zero-order valence-electron chi connectivity index (χ0n) is 30.2. The van der Waals surface area contributed by atoms with E-state index in [1.165, 1.54) is 36.7 Å². The van der Waals surface area contributed by atoms with E-state index in [9.17, 15) is 0 Å². The van der Waals surface area contributed by atoms with E-state index in [4.69, 9.17) is 4.74 Å². The molecule has 7 aromatic carbocycles. The predicted molar refractivity (Wildman–Crippen MR) is 236 cm³/mol. The maximum atomic E-state index is 6.92. The van der Waals surface area contributed by atoms with Gasteiger partial charge in [0, 0.05) is 21.7 Å². The van der Waals surface area contributed by atoms with Crippen molar-refractivity contribution in [3.05, 3.63) is 218 Å². The summed E-state index contributed by atoms with van der Waals surface area (Å²) >= 11 is 1.73. The number of hydrogen-bond donors (Lipinski definition) is 0. The van der Waals surface area contributed by atoms with Crippen LogP contribution in [0.25, 0.3) is 0 Å². The van der Waals surface area contributed by atoms with Crippen molar-refractivity contribution in [1.82, 2.24) is 4.98 Å². The SMILES string of the molecule is CSc1ccc(N=Cc2ccc[n-]2)cc1.[Cu+].c1ccc(P(c2ccccc2)c2ccccc2Oc2ccccc2P(c2ccccc2)c2ccccc2)cc1. The third kappa shape index (κ3) is 10.6. The summed E-state index contributed by atoms with van der Waals surface area (Å²) < 4.78 is 6.92. The van der Waals surface area contributed by atoms with Crippen LogP contribution in [-0.2, 0) is 17.1 Å². The monoisotopic (exact) mass is 816 g/mol. The predicted octanol–water partition coefficient (Wildman–Crippen LogP) is 10.1. The molecule has 1 heterocycles. The summed E-state index contributed by atoms with van der Waals surface area (Å²) in [5, 5.41) is 7.64. The topological polar surface area (TPSA) is 35.7 Å². The molecule has 0 aliphatic heterocycles. The molecule has 8 rings (SSSR count). The molecule has 0 amide bonds. The Morgan fingerprint density at radius 3 is 1.25 bits per heavy atom. The Labute approximate surface area is 342 Å². The standard InChI is InChI=1S/C36H28OP2.C12H11N2S.Cu/c1-5-17-29(18-6-1)38(30-19-7-2-8-20-30)35-27-15-13-25-33(35)37-34-26-14-16-28-36(34)39(31-21-9-3-10-22-31)32-23-11-4-12-24-32;1-15-12-6-4-10(5-7-12)14-9-11-3-2-8-13-11;/h1-28H;2-9H,1H3;/q;-1;+1. The maximum Gasteiger partial charge on any atom is 1.00 e. The van der Waals surface area contributed by atoms with E-state index < -0.39 is 15.8 Å². The smallest absolute Gasteiger partial charge is 0.663 e. The van der Waals surface area contributed by atoms with Crippen LogP contribution in [0.15, 0.2) is 222 Å². The van der Waals surface area contributed by atoms with E-state index >= 15 is 0 Å². The first-order chi connectivity index (χ1) is 26.8. The zero-order valence-corrected chi connectivity index (χ0v) is 33.7. The van der Waals surface area contributed by atoms with Crippen LogP contribution in [0.4, 0.5) is 5.69 Å². The van der Waals surface area contributed by atoms with Gasteiger partial charge in [0.15, 0.2) is 0 Å². The fourth-order valence-corrected chi connectivity index (χ4v) is 11.1. The van der Waals surface area contributed by atoms with Gasteiger partial charge in [-0.15, -0.1) is 17.5 Å². The third-order valence-electron chi connectivity index (χ3n) is 8.48. The van der Waals surface area contributed by atoms with Crippen molar-refractivity contribution in [3.8, 4) is 11.5 Å². The van der Waals surface area contributed by atoms with Crippen molar-refractivity contribution in [2.24, 2.45) is 4.99 Å². The molecule has 0 spiro atoms. The van der Waals surface area contributed by atoms with Gasteiger partial charge in [0.2, 0.25) is 0 Å². The number of hydrogen-bond acceptors (Lipinski definition) is 3. The first-order valence-electron chi connectivity index (χ1n) is 17.7. The second-order valence-electron chi connectivity index (χ2n) is 12.1. The second-order valence-corrected chi connectivity index (χ2v) is 17.3. The molecule has 0 saturated carbocycles. The number of aliphatic imine (C=N–C) groups is 1. The van der Waals surface area contributed by atoms with E-state index in [1.807, 2.05) is 24.3 Å². The first kappa shape index (κ1) is 39.7. The van der Waals surface area contributed by atoms with Gasteiger partial charge in [-0.25, -0.2) is 0 Å². The number of benzene rings is 7. The van der Waals surface area contributed by atoms with Crippen molar-refractivity contribution >= 4 is 71.3 Å². The number of nitrogens with zero attached hydrogens (tertiary/aromatic N) is 2. The summed E-state index contributed by atoms with van der Waals surface area (Å²) in [6.07, 6.45) is 5.60. The van der Waals surface area contributed by atoms with Gasteiger partial charge in [-0.2, -0.15) is 6.20 Å². The van der Waals surface area contributed by atoms with E-state index in [0.29, 0.717) is 0 Å². The van der Waals surface area contributed by atoms with Crippen molar-refractivity contribution < 1.29 is 21.8 Å². The van der Waals surface area contributed by atoms with Crippen LogP contribution in [0.5, 0.6) is 11.5 Å². The fraction of sp³-hybridized carbons (Fsp3) is 0.0208. The minimum Gasteiger partial charge on any atom is -0.663 e. The number of rotatable bonds is 11. The van der Waals surface area contributed by atoms with Crippen molar-refractivity contribution in [3.63, 3.8) is 0 Å². The zero-order chi connectivity index (χ0) is 36.8. The van der Waals surface area contributed by atoms with Gasteiger partial charge >= 0.3 is 17.1 Å². The van der Waals surface area contributed by atoms with Gasteiger partial charge in [-0.05, 0) is 79.7 Å². The molecule has 3 nitrogen and oxygen atoms in total. The first-order valence-corrected chi connectivity index (χ1v) is 21.6. The van der Waals surface area contributed by atoms with Gasteiger partial charge in [-0.1, -0.05) is 170 Å². The molecular weight excluding hydrogens is 778 g/mol. The molecule has 0 fully saturated rings. The Bertz CT molecular complexity index is 2140. The quantitative estimate of drug-likeness (QED) is 0.0565. The molecule has 274 valence electrons. The molecule has 0 aliphatic carbocycles. The Balaban J connectivity index is 0.000000270. The minimum atomic E-state index is -0.795. The molecule has 0 aliphatic rings. The van der Waals surface area contributed by atoms with E-state index in [2.05, 4.69) is 198 Å². The van der Waals surface area contributed by atoms with Crippen molar-refractivity contribution in [2.45, 2.75) is 4.90 Å². The molecule has 0 radical (unpaired) electrons. The average molecular weight is 817 g/mol. The third-order valence-corrected chi connectivity index (χ3v) is 14.2. The van der Waals surface area contributed by atoms with Crippen molar-refractivity contribution in [2.75, 3.05) is 6.26 Å². The number of para-hydroxylation sites is 2. The summed E-state index contributed by atoms with van der Waals surface area (Å²) in [4.78, 5) is 9.69. The number of aromatic nitrogens is 1. The molecule has 1 aromatic heterocycles. The maximum absolute atomic E-state index is 6.92. The number of ether oxygens (including phenoxy) is 1. The van der Waals surface area contributed by atoms with Crippen LogP contribution < -0.4 is 41.5 Å². The fourth-order valence-electron chi connectivity index (χ4n) is 5.94. The number of thioether (sulfide) groups is 1. The Kier molecular flexibility index (Phi) is 14.9. The molecule has 0 saturated heterocycles. The molecule has 0 unspecified atom stereocenters. The van der Waals surface area contributed by atoms with Crippen molar-refractivity contribution in [1.29, 1.82) is 0 Å². The molecule has 55 heavy (non-hydrogen) atoms. The minimum absolute atomic E-state index is 0. The Morgan fingerprint density at radius 2 is 0.873 bits per heavy atom. The second kappa shape index (κ2) is 20.6. The molecule has 8 aromatic rings. The Hall–Kier alpha value is -4.98. The van der Waals surface area contributed by atoms with E-state index in [-0.39, 0.29) is 17.1 Å². The molecule has 7 heteroatoms. The average Bonchev–Trinajstić information content (AvgIpc) is 3.78.